The summed E-state index contributed by atoms with van der Waals surface area (Å²) in [5, 5.41) is 6.74. The second kappa shape index (κ2) is 11.7. The highest BCUT2D eigenvalue weighted by atomic mass is 127. The first kappa shape index (κ1) is 22.2. The molecule has 3 rings (SSSR count). The van der Waals surface area contributed by atoms with E-state index in [0.717, 1.165) is 44.4 Å². The topological polar surface area (TPSA) is 58.1 Å². The smallest absolute Gasteiger partial charge is 0.191 e. The monoisotopic (exact) mass is 488 g/mol. The molecule has 27 heavy (non-hydrogen) atoms. The van der Waals surface area contributed by atoms with Gasteiger partial charge in [0.1, 0.15) is 5.75 Å². The molecular formula is C20H33IN4O2. The van der Waals surface area contributed by atoms with Gasteiger partial charge in [0.05, 0.1) is 26.4 Å². The number of halogens is 1. The maximum Gasteiger partial charge on any atom is 0.191 e. The van der Waals surface area contributed by atoms with Gasteiger partial charge < -0.3 is 20.1 Å². The standard InChI is InChI=1S/C20H32N4O2.HI/c1-3-21-20(22-11-10-16-6-8-18(25-2)9-7-16)23-13-19-14-24-12-4-5-17(24)15-26-19;/h6-9,17,19H,3-5,10-15H2,1-2H3,(H2,21,22,23);1H. The van der Waals surface area contributed by atoms with Crippen LogP contribution in [0.15, 0.2) is 29.3 Å². The van der Waals surface area contributed by atoms with Crippen LogP contribution in [0.2, 0.25) is 0 Å². The molecule has 2 aliphatic heterocycles. The van der Waals surface area contributed by atoms with E-state index < -0.39 is 0 Å². The molecule has 0 amide bonds. The highest BCUT2D eigenvalue weighted by Crippen LogP contribution is 2.22. The normalized spacial score (nSPS) is 22.7. The van der Waals surface area contributed by atoms with Crippen molar-refractivity contribution in [2.45, 2.75) is 38.3 Å². The molecule has 7 heteroatoms. The first-order valence-electron chi connectivity index (χ1n) is 9.79. The molecule has 2 saturated heterocycles. The highest BCUT2D eigenvalue weighted by Gasteiger charge is 2.31. The van der Waals surface area contributed by atoms with Crippen molar-refractivity contribution in [3.63, 3.8) is 0 Å². The first-order chi connectivity index (χ1) is 12.8. The van der Waals surface area contributed by atoms with E-state index >= 15 is 0 Å². The molecule has 2 aliphatic rings. The molecule has 2 N–H and O–H groups in total. The quantitative estimate of drug-likeness (QED) is 0.351. The average Bonchev–Trinajstić information content (AvgIpc) is 3.14. The van der Waals surface area contributed by atoms with Crippen LogP contribution in [0.5, 0.6) is 5.75 Å². The number of rotatable bonds is 7. The molecule has 2 heterocycles. The fourth-order valence-corrected chi connectivity index (χ4v) is 3.65. The highest BCUT2D eigenvalue weighted by molar-refractivity contribution is 14.0. The predicted molar refractivity (Wildman–Crippen MR) is 120 cm³/mol. The minimum absolute atomic E-state index is 0. The third kappa shape index (κ3) is 6.80. The van der Waals surface area contributed by atoms with Crippen LogP contribution in [0.1, 0.15) is 25.3 Å². The molecule has 0 spiro atoms. The van der Waals surface area contributed by atoms with Crippen molar-refractivity contribution in [3.05, 3.63) is 29.8 Å². The molecule has 0 aliphatic carbocycles. The predicted octanol–water partition coefficient (Wildman–Crippen LogP) is 2.27. The molecule has 0 bridgehead atoms. The van der Waals surface area contributed by atoms with Gasteiger partial charge in [-0.1, -0.05) is 12.1 Å². The van der Waals surface area contributed by atoms with Crippen molar-refractivity contribution >= 4 is 29.9 Å². The van der Waals surface area contributed by atoms with Crippen molar-refractivity contribution in [1.29, 1.82) is 0 Å². The fraction of sp³-hybridized carbons (Fsp3) is 0.650. The number of hydrogen-bond donors (Lipinski definition) is 2. The summed E-state index contributed by atoms with van der Waals surface area (Å²) in [5.74, 6) is 1.76. The van der Waals surface area contributed by atoms with Crippen LogP contribution in [-0.4, -0.2) is 69.4 Å². The Balaban J connectivity index is 0.00000261. The lowest BCUT2D eigenvalue weighted by Gasteiger charge is -2.34. The lowest BCUT2D eigenvalue weighted by Crippen LogP contribution is -2.47. The van der Waals surface area contributed by atoms with Crippen LogP contribution >= 0.6 is 24.0 Å². The Morgan fingerprint density at radius 3 is 2.85 bits per heavy atom. The third-order valence-corrected chi connectivity index (χ3v) is 5.12. The molecule has 1 aromatic carbocycles. The molecule has 6 nitrogen and oxygen atoms in total. The number of aliphatic imine (C=N–C) groups is 1. The summed E-state index contributed by atoms with van der Waals surface area (Å²) in [4.78, 5) is 7.30. The van der Waals surface area contributed by atoms with Crippen LogP contribution in [0.4, 0.5) is 0 Å². The van der Waals surface area contributed by atoms with Gasteiger partial charge in [-0.3, -0.25) is 9.89 Å². The maximum atomic E-state index is 6.00. The largest absolute Gasteiger partial charge is 0.497 e. The number of ether oxygens (including phenoxy) is 2. The number of guanidine groups is 1. The van der Waals surface area contributed by atoms with E-state index in [1.54, 1.807) is 7.11 Å². The van der Waals surface area contributed by atoms with Gasteiger partial charge in [-0.15, -0.1) is 24.0 Å². The lowest BCUT2D eigenvalue weighted by molar-refractivity contribution is -0.0432. The summed E-state index contributed by atoms with van der Waals surface area (Å²) >= 11 is 0. The van der Waals surface area contributed by atoms with E-state index in [0.29, 0.717) is 12.6 Å². The number of hydrogen-bond acceptors (Lipinski definition) is 4. The van der Waals surface area contributed by atoms with E-state index in [1.807, 2.05) is 12.1 Å². The molecule has 2 unspecified atom stereocenters. The van der Waals surface area contributed by atoms with Gasteiger partial charge >= 0.3 is 0 Å². The van der Waals surface area contributed by atoms with Crippen molar-refractivity contribution in [2.75, 3.05) is 46.4 Å². The fourth-order valence-electron chi connectivity index (χ4n) is 3.65. The van der Waals surface area contributed by atoms with Gasteiger partial charge in [0.2, 0.25) is 0 Å². The maximum absolute atomic E-state index is 6.00. The Labute approximate surface area is 180 Å². The van der Waals surface area contributed by atoms with Gasteiger partial charge in [0.15, 0.2) is 5.96 Å². The molecule has 2 fully saturated rings. The van der Waals surface area contributed by atoms with E-state index in [2.05, 4.69) is 34.6 Å². The van der Waals surface area contributed by atoms with Crippen LogP contribution in [0.3, 0.4) is 0 Å². The Kier molecular flexibility index (Phi) is 9.64. The number of nitrogens with zero attached hydrogens (tertiary/aromatic N) is 2. The van der Waals surface area contributed by atoms with E-state index in [-0.39, 0.29) is 30.1 Å². The van der Waals surface area contributed by atoms with E-state index in [1.165, 1.54) is 24.9 Å². The van der Waals surface area contributed by atoms with E-state index in [9.17, 15) is 0 Å². The zero-order valence-electron chi connectivity index (χ0n) is 16.4. The second-order valence-corrected chi connectivity index (χ2v) is 6.99. The summed E-state index contributed by atoms with van der Waals surface area (Å²) < 4.78 is 11.2. The van der Waals surface area contributed by atoms with Crippen molar-refractivity contribution < 1.29 is 9.47 Å². The number of morpholine rings is 1. The summed E-state index contributed by atoms with van der Waals surface area (Å²) in [5.41, 5.74) is 1.28. The second-order valence-electron chi connectivity index (χ2n) is 6.99. The SMILES string of the molecule is CCNC(=NCC1CN2CCCC2CO1)NCCc1ccc(OC)cc1.I. The summed E-state index contributed by atoms with van der Waals surface area (Å²) in [6, 6.07) is 8.85. The van der Waals surface area contributed by atoms with Gasteiger partial charge in [-0.2, -0.15) is 0 Å². The first-order valence-corrected chi connectivity index (χ1v) is 9.79. The average molecular weight is 488 g/mol. The van der Waals surface area contributed by atoms with E-state index in [4.69, 9.17) is 14.5 Å². The Morgan fingerprint density at radius 2 is 2.11 bits per heavy atom. The Hall–Kier alpha value is -1.06. The number of methoxy groups -OCH3 is 1. The van der Waals surface area contributed by atoms with Gasteiger partial charge in [-0.05, 0) is 50.4 Å². The van der Waals surface area contributed by atoms with Crippen molar-refractivity contribution in [2.24, 2.45) is 4.99 Å². The lowest BCUT2D eigenvalue weighted by atomic mass is 10.1. The van der Waals surface area contributed by atoms with Crippen molar-refractivity contribution in [1.82, 2.24) is 15.5 Å². The minimum Gasteiger partial charge on any atom is -0.497 e. The molecule has 152 valence electrons. The zero-order chi connectivity index (χ0) is 18.2. The number of fused-ring (bicyclic) bond motifs is 1. The summed E-state index contributed by atoms with van der Waals surface area (Å²) in [6.07, 6.45) is 3.75. The molecular weight excluding hydrogens is 455 g/mol. The molecule has 1 aromatic rings. The minimum atomic E-state index is 0. The van der Waals surface area contributed by atoms with Crippen LogP contribution in [0.25, 0.3) is 0 Å². The van der Waals surface area contributed by atoms with Gasteiger partial charge in [0.25, 0.3) is 0 Å². The van der Waals surface area contributed by atoms with Crippen molar-refractivity contribution in [3.8, 4) is 5.75 Å². The zero-order valence-corrected chi connectivity index (χ0v) is 18.8. The number of nitrogens with one attached hydrogen (secondary N) is 2. The summed E-state index contributed by atoms with van der Waals surface area (Å²) in [6.45, 7) is 7.59. The van der Waals surface area contributed by atoms with Crippen LogP contribution in [0, 0.1) is 0 Å². The molecule has 0 aromatic heterocycles. The van der Waals surface area contributed by atoms with Crippen LogP contribution in [-0.2, 0) is 11.2 Å². The van der Waals surface area contributed by atoms with Gasteiger partial charge in [0, 0.05) is 25.7 Å². The Morgan fingerprint density at radius 1 is 1.30 bits per heavy atom. The Bertz CT molecular complexity index is 582. The van der Waals surface area contributed by atoms with Gasteiger partial charge in [-0.25, -0.2) is 0 Å². The molecule has 0 radical (unpaired) electrons. The molecule has 2 atom stereocenters. The number of benzene rings is 1. The summed E-state index contributed by atoms with van der Waals surface area (Å²) in [7, 11) is 1.69. The van der Waals surface area contributed by atoms with Crippen LogP contribution < -0.4 is 15.4 Å². The molecule has 0 saturated carbocycles. The third-order valence-electron chi connectivity index (χ3n) is 5.12.